The first-order valence-corrected chi connectivity index (χ1v) is 10.1. The van der Waals surface area contributed by atoms with Crippen molar-refractivity contribution < 1.29 is 4.74 Å². The highest BCUT2D eigenvalue weighted by Crippen LogP contribution is 2.43. The number of nitrogen functional groups attached to an aromatic ring is 1. The van der Waals surface area contributed by atoms with Crippen LogP contribution in [0.25, 0.3) is 16.1 Å². The number of para-hydroxylation sites is 1. The third-order valence-corrected chi connectivity index (χ3v) is 5.67. The number of nitrogens with one attached hydrogen (secondary N) is 1. The predicted octanol–water partition coefficient (Wildman–Crippen LogP) is 4.88. The zero-order valence-electron chi connectivity index (χ0n) is 16.1. The second kappa shape index (κ2) is 7.17. The molecule has 2 aliphatic rings. The Hall–Kier alpha value is -3.46. The maximum Gasteiger partial charge on any atom is 0.255 e. The van der Waals surface area contributed by atoms with E-state index in [4.69, 9.17) is 22.1 Å². The molecule has 1 fully saturated rings. The Bertz CT molecular complexity index is 1080. The summed E-state index contributed by atoms with van der Waals surface area (Å²) in [6, 6.07) is 15.8. The van der Waals surface area contributed by atoms with Crippen LogP contribution < -0.4 is 15.8 Å². The van der Waals surface area contributed by atoms with E-state index in [-0.39, 0.29) is 6.04 Å². The topological polar surface area (TPSA) is 69.5 Å². The van der Waals surface area contributed by atoms with Crippen LogP contribution in [0.3, 0.4) is 0 Å². The molecule has 6 nitrogen and oxygen atoms in total. The van der Waals surface area contributed by atoms with Crippen molar-refractivity contribution in [3.8, 4) is 17.0 Å². The fraction of sp³-hybridized carbons (Fsp3) is 0.304. The van der Waals surface area contributed by atoms with Crippen LogP contribution in [0.4, 0.5) is 17.2 Å². The minimum absolute atomic E-state index is 0.0165. The van der Waals surface area contributed by atoms with Gasteiger partial charge in [0.1, 0.15) is 17.3 Å². The highest BCUT2D eigenvalue weighted by Gasteiger charge is 2.29. The minimum atomic E-state index is 0.0165. The van der Waals surface area contributed by atoms with Crippen molar-refractivity contribution in [1.82, 2.24) is 9.78 Å². The van der Waals surface area contributed by atoms with Crippen LogP contribution in [0.1, 0.15) is 30.9 Å². The molecule has 0 saturated heterocycles. The van der Waals surface area contributed by atoms with E-state index >= 15 is 0 Å². The van der Waals surface area contributed by atoms with Gasteiger partial charge in [0.05, 0.1) is 19.2 Å². The Morgan fingerprint density at radius 2 is 1.93 bits per heavy atom. The molecule has 1 aliphatic heterocycles. The molecule has 1 unspecified atom stereocenters. The highest BCUT2D eigenvalue weighted by molar-refractivity contribution is 5.84. The summed E-state index contributed by atoms with van der Waals surface area (Å²) in [6.07, 6.45) is 3.41. The Morgan fingerprint density at radius 3 is 2.66 bits per heavy atom. The van der Waals surface area contributed by atoms with Gasteiger partial charge in [-0.3, -0.25) is 4.68 Å². The Labute approximate surface area is 170 Å². The number of nitrogens with two attached hydrogens (primary N) is 1. The van der Waals surface area contributed by atoms with Crippen LogP contribution in [0.15, 0.2) is 48.5 Å². The molecule has 1 aliphatic carbocycles. The molecule has 3 aromatic rings. The summed E-state index contributed by atoms with van der Waals surface area (Å²) in [5, 5.41) is 8.21. The lowest BCUT2D eigenvalue weighted by molar-refractivity contribution is 0.300. The Balaban J connectivity index is 1.50. The summed E-state index contributed by atoms with van der Waals surface area (Å²) < 4.78 is 7.76. The molecule has 0 amide bonds. The first-order valence-electron chi connectivity index (χ1n) is 10.1. The lowest BCUT2D eigenvalue weighted by Crippen LogP contribution is -2.25. The molecule has 5 rings (SSSR count). The number of fused-ring (bicyclic) bond motifs is 1. The van der Waals surface area contributed by atoms with E-state index in [0.29, 0.717) is 11.4 Å². The smallest absolute Gasteiger partial charge is 0.255 e. The standard InChI is InChI=1S/C23H23N5O/c1-25-22-21(16-8-10-17(11-9-16)29-14-15-6-7-15)27-28-20(12-13-26-23(22)28)18-4-2-3-5-19(18)24/h2-5,8-11,15,20,26H,6-7,12-14,24H2. The SMILES string of the molecule is [C-]#[N+]c1c(-c2ccc(OCC3CC3)cc2)nn2c1NCCC2c1ccccc1N. The van der Waals surface area contributed by atoms with Crippen molar-refractivity contribution in [2.24, 2.45) is 5.92 Å². The van der Waals surface area contributed by atoms with Crippen molar-refractivity contribution in [1.29, 1.82) is 0 Å². The molecule has 2 aromatic carbocycles. The number of anilines is 2. The van der Waals surface area contributed by atoms with Crippen LogP contribution in [0.2, 0.25) is 0 Å². The van der Waals surface area contributed by atoms with E-state index in [1.54, 1.807) is 0 Å². The van der Waals surface area contributed by atoms with E-state index in [9.17, 15) is 0 Å². The monoisotopic (exact) mass is 385 g/mol. The van der Waals surface area contributed by atoms with Crippen LogP contribution in [0.5, 0.6) is 5.75 Å². The van der Waals surface area contributed by atoms with Crippen LogP contribution in [0, 0.1) is 12.5 Å². The lowest BCUT2D eigenvalue weighted by Gasteiger charge is -2.27. The lowest BCUT2D eigenvalue weighted by atomic mass is 10.0. The van der Waals surface area contributed by atoms with Gasteiger partial charge in [0.15, 0.2) is 0 Å². The first-order chi connectivity index (χ1) is 14.2. The number of nitrogens with zero attached hydrogens (tertiary/aromatic N) is 3. The second-order valence-corrected chi connectivity index (χ2v) is 7.74. The van der Waals surface area contributed by atoms with E-state index in [1.807, 2.05) is 53.2 Å². The van der Waals surface area contributed by atoms with Crippen molar-refractivity contribution in [3.63, 3.8) is 0 Å². The highest BCUT2D eigenvalue weighted by atomic mass is 16.5. The third-order valence-electron chi connectivity index (χ3n) is 5.67. The fourth-order valence-corrected chi connectivity index (χ4v) is 3.88. The first kappa shape index (κ1) is 17.6. The van der Waals surface area contributed by atoms with Crippen molar-refractivity contribution in [2.45, 2.75) is 25.3 Å². The molecule has 146 valence electrons. The molecule has 0 bridgehead atoms. The summed E-state index contributed by atoms with van der Waals surface area (Å²) in [5.74, 6) is 2.35. The predicted molar refractivity (Wildman–Crippen MR) is 114 cm³/mol. The Kier molecular flexibility index (Phi) is 4.36. The summed E-state index contributed by atoms with van der Waals surface area (Å²) >= 11 is 0. The van der Waals surface area contributed by atoms with Gasteiger partial charge in [-0.2, -0.15) is 5.10 Å². The molecule has 0 radical (unpaired) electrons. The molecular weight excluding hydrogens is 362 g/mol. The van der Waals surface area contributed by atoms with Crippen LogP contribution >= 0.6 is 0 Å². The molecule has 2 heterocycles. The van der Waals surface area contributed by atoms with E-state index in [0.717, 1.165) is 53.9 Å². The van der Waals surface area contributed by atoms with Crippen LogP contribution in [-0.2, 0) is 0 Å². The van der Waals surface area contributed by atoms with Crippen molar-refractivity contribution >= 4 is 17.2 Å². The average Bonchev–Trinajstić information content (AvgIpc) is 3.51. The molecule has 3 N–H and O–H groups in total. The van der Waals surface area contributed by atoms with Gasteiger partial charge in [-0.05, 0) is 54.5 Å². The van der Waals surface area contributed by atoms with Gasteiger partial charge in [0, 0.05) is 12.2 Å². The molecule has 1 aromatic heterocycles. The van der Waals surface area contributed by atoms with Crippen LogP contribution in [-0.4, -0.2) is 22.9 Å². The molecular formula is C23H23N5O. The summed E-state index contributed by atoms with van der Waals surface area (Å²) in [6.45, 7) is 9.31. The summed E-state index contributed by atoms with van der Waals surface area (Å²) in [5.41, 5.74) is 10.2. The fourth-order valence-electron chi connectivity index (χ4n) is 3.88. The van der Waals surface area contributed by atoms with E-state index in [2.05, 4.69) is 10.2 Å². The zero-order valence-corrected chi connectivity index (χ0v) is 16.1. The number of hydrogen-bond donors (Lipinski definition) is 2. The normalized spacial score (nSPS) is 17.8. The maximum atomic E-state index is 7.75. The average molecular weight is 385 g/mol. The molecule has 0 spiro atoms. The number of ether oxygens (including phenoxy) is 1. The molecule has 6 heteroatoms. The van der Waals surface area contributed by atoms with Gasteiger partial charge < -0.3 is 15.8 Å². The molecule has 1 saturated carbocycles. The molecule has 1 atom stereocenters. The maximum absolute atomic E-state index is 7.75. The van der Waals surface area contributed by atoms with E-state index in [1.165, 1.54) is 12.8 Å². The van der Waals surface area contributed by atoms with Gasteiger partial charge in [-0.25, -0.2) is 4.85 Å². The van der Waals surface area contributed by atoms with Gasteiger partial charge in [-0.1, -0.05) is 30.3 Å². The number of hydrogen-bond acceptors (Lipinski definition) is 4. The summed E-state index contributed by atoms with van der Waals surface area (Å²) in [4.78, 5) is 3.80. The minimum Gasteiger partial charge on any atom is -0.493 e. The number of aromatic nitrogens is 2. The largest absolute Gasteiger partial charge is 0.493 e. The quantitative estimate of drug-likeness (QED) is 0.485. The van der Waals surface area contributed by atoms with E-state index < -0.39 is 0 Å². The third kappa shape index (κ3) is 3.29. The van der Waals surface area contributed by atoms with Crippen molar-refractivity contribution in [2.75, 3.05) is 24.2 Å². The van der Waals surface area contributed by atoms with Gasteiger partial charge >= 0.3 is 0 Å². The summed E-state index contributed by atoms with van der Waals surface area (Å²) in [7, 11) is 0. The van der Waals surface area contributed by atoms with Gasteiger partial charge in [-0.15, -0.1) is 0 Å². The zero-order chi connectivity index (χ0) is 19.8. The number of benzene rings is 2. The van der Waals surface area contributed by atoms with Gasteiger partial charge in [0.25, 0.3) is 5.69 Å². The second-order valence-electron chi connectivity index (χ2n) is 7.74. The molecule has 29 heavy (non-hydrogen) atoms. The van der Waals surface area contributed by atoms with Crippen molar-refractivity contribution in [3.05, 3.63) is 65.5 Å². The van der Waals surface area contributed by atoms with Gasteiger partial charge in [0.2, 0.25) is 0 Å². The number of rotatable bonds is 5. The Morgan fingerprint density at radius 1 is 1.14 bits per heavy atom.